The Bertz CT molecular complexity index is 467. The molecule has 0 unspecified atom stereocenters. The first kappa shape index (κ1) is 13.9. The molecule has 0 aliphatic rings. The highest BCUT2D eigenvalue weighted by Gasteiger charge is 2.15. The quantitative estimate of drug-likeness (QED) is 0.673. The number of allylic oxidation sites excluding steroid dienone is 1. The largest absolute Gasteiger partial charge is 0.504 e. The van der Waals surface area contributed by atoms with Gasteiger partial charge >= 0.3 is 0 Å². The summed E-state index contributed by atoms with van der Waals surface area (Å²) in [7, 11) is 0. The molecule has 1 aromatic carbocycles. The minimum absolute atomic E-state index is 0.123. The van der Waals surface area contributed by atoms with E-state index in [0.29, 0.717) is 18.5 Å². The fourth-order valence-electron chi connectivity index (χ4n) is 1.27. The molecule has 0 spiro atoms. The number of aldehydes is 1. The zero-order valence-corrected chi connectivity index (χ0v) is 11.0. The molecule has 0 atom stereocenters. The van der Waals surface area contributed by atoms with Crippen LogP contribution >= 0.6 is 23.2 Å². The minimum atomic E-state index is -0.123. The second kappa shape index (κ2) is 5.94. The van der Waals surface area contributed by atoms with E-state index in [0.717, 1.165) is 0 Å². The second-order valence-corrected chi connectivity index (χ2v) is 4.16. The zero-order chi connectivity index (χ0) is 13.0. The van der Waals surface area contributed by atoms with Crippen molar-refractivity contribution in [2.45, 2.75) is 13.8 Å². The van der Waals surface area contributed by atoms with Gasteiger partial charge in [0.25, 0.3) is 0 Å². The minimum Gasteiger partial charge on any atom is -0.504 e. The van der Waals surface area contributed by atoms with Crippen molar-refractivity contribution in [2.75, 3.05) is 6.61 Å². The van der Waals surface area contributed by atoms with Gasteiger partial charge in [-0.1, -0.05) is 23.2 Å². The van der Waals surface area contributed by atoms with Crippen molar-refractivity contribution in [1.29, 1.82) is 0 Å². The third-order valence-corrected chi connectivity index (χ3v) is 2.85. The molecule has 0 bridgehead atoms. The van der Waals surface area contributed by atoms with Crippen LogP contribution in [-0.4, -0.2) is 18.0 Å². The summed E-state index contributed by atoms with van der Waals surface area (Å²) in [5, 5.41) is 10.4. The lowest BCUT2D eigenvalue weighted by Gasteiger charge is -2.11. The first-order valence-corrected chi connectivity index (χ1v) is 5.74. The van der Waals surface area contributed by atoms with Gasteiger partial charge in [-0.05, 0) is 25.5 Å². The summed E-state index contributed by atoms with van der Waals surface area (Å²) >= 11 is 11.9. The molecular weight excluding hydrogens is 263 g/mol. The number of phenols is 1. The van der Waals surface area contributed by atoms with Gasteiger partial charge in [-0.2, -0.15) is 0 Å². The number of hydrogen-bond acceptors (Lipinski definition) is 3. The molecule has 0 aliphatic heterocycles. The monoisotopic (exact) mass is 274 g/mol. The lowest BCUT2D eigenvalue weighted by atomic mass is 10.1. The van der Waals surface area contributed by atoms with Crippen LogP contribution in [0.2, 0.25) is 10.0 Å². The number of benzene rings is 1. The zero-order valence-electron chi connectivity index (χ0n) is 9.46. The first-order chi connectivity index (χ1) is 8.01. The third-order valence-electron chi connectivity index (χ3n) is 2.05. The van der Waals surface area contributed by atoms with Crippen LogP contribution in [0.5, 0.6) is 11.5 Å². The Morgan fingerprint density at radius 1 is 1.53 bits per heavy atom. The molecule has 3 nitrogen and oxygen atoms in total. The number of hydrogen-bond donors (Lipinski definition) is 1. The number of aromatic hydroxyl groups is 1. The van der Waals surface area contributed by atoms with Crippen LogP contribution in [0.15, 0.2) is 11.6 Å². The lowest BCUT2D eigenvalue weighted by molar-refractivity contribution is -0.104. The van der Waals surface area contributed by atoms with Gasteiger partial charge in [0, 0.05) is 11.6 Å². The van der Waals surface area contributed by atoms with Crippen LogP contribution in [-0.2, 0) is 4.79 Å². The van der Waals surface area contributed by atoms with Gasteiger partial charge in [-0.15, -0.1) is 0 Å². The highest BCUT2D eigenvalue weighted by atomic mass is 35.5. The third kappa shape index (κ3) is 3.14. The summed E-state index contributed by atoms with van der Waals surface area (Å²) in [6.45, 7) is 3.78. The number of ether oxygens (including phenoxy) is 1. The summed E-state index contributed by atoms with van der Waals surface area (Å²) in [6, 6.07) is 1.44. The highest BCUT2D eigenvalue weighted by molar-refractivity contribution is 6.43. The van der Waals surface area contributed by atoms with E-state index in [2.05, 4.69) is 0 Å². The van der Waals surface area contributed by atoms with Crippen molar-refractivity contribution in [3.05, 3.63) is 27.2 Å². The van der Waals surface area contributed by atoms with Crippen molar-refractivity contribution in [3.8, 4) is 11.5 Å². The van der Waals surface area contributed by atoms with E-state index >= 15 is 0 Å². The van der Waals surface area contributed by atoms with Gasteiger partial charge in [0.1, 0.15) is 6.29 Å². The van der Waals surface area contributed by atoms with Crippen LogP contribution in [0.1, 0.15) is 19.4 Å². The molecule has 0 aromatic heterocycles. The summed E-state index contributed by atoms with van der Waals surface area (Å²) < 4.78 is 5.22. The molecule has 0 radical (unpaired) electrons. The van der Waals surface area contributed by atoms with Crippen molar-refractivity contribution < 1.29 is 14.6 Å². The predicted octanol–water partition coefficient (Wildman–Crippen LogP) is 3.70. The maximum Gasteiger partial charge on any atom is 0.166 e. The van der Waals surface area contributed by atoms with E-state index in [4.69, 9.17) is 27.9 Å². The van der Waals surface area contributed by atoms with Gasteiger partial charge in [0.2, 0.25) is 0 Å². The van der Waals surface area contributed by atoms with Crippen LogP contribution < -0.4 is 4.74 Å². The Kier molecular flexibility index (Phi) is 4.85. The number of rotatable bonds is 4. The first-order valence-electron chi connectivity index (χ1n) is 4.98. The molecule has 0 saturated heterocycles. The molecular formula is C12H12Cl2O3. The maximum absolute atomic E-state index is 10.6. The number of halogens is 2. The van der Waals surface area contributed by atoms with Gasteiger partial charge in [0.05, 0.1) is 16.7 Å². The number of carbonyl (C=O) groups is 1. The Balaban J connectivity index is 3.41. The molecule has 1 aromatic rings. The SMILES string of the molecule is CCOc1cc(Cl)c(Cl)c(/C=C(\C)C=O)c1O. The highest BCUT2D eigenvalue weighted by Crippen LogP contribution is 2.41. The van der Waals surface area contributed by atoms with E-state index in [-0.39, 0.29) is 27.1 Å². The van der Waals surface area contributed by atoms with Crippen LogP contribution in [0.4, 0.5) is 0 Å². The van der Waals surface area contributed by atoms with Crippen LogP contribution in [0.25, 0.3) is 6.08 Å². The Morgan fingerprint density at radius 2 is 2.18 bits per heavy atom. The molecule has 5 heteroatoms. The summed E-state index contributed by atoms with van der Waals surface area (Å²) in [6.07, 6.45) is 2.12. The van der Waals surface area contributed by atoms with Gasteiger partial charge in [-0.25, -0.2) is 0 Å². The molecule has 0 heterocycles. The van der Waals surface area contributed by atoms with E-state index in [1.165, 1.54) is 12.1 Å². The van der Waals surface area contributed by atoms with E-state index in [9.17, 15) is 9.90 Å². The van der Waals surface area contributed by atoms with Gasteiger partial charge < -0.3 is 9.84 Å². The molecule has 0 amide bonds. The van der Waals surface area contributed by atoms with Crippen molar-refractivity contribution in [2.24, 2.45) is 0 Å². The van der Waals surface area contributed by atoms with Gasteiger partial charge in [-0.3, -0.25) is 4.79 Å². The van der Waals surface area contributed by atoms with Gasteiger partial charge in [0.15, 0.2) is 11.5 Å². The Labute approximate surface area is 110 Å². The maximum atomic E-state index is 10.6. The molecule has 1 N–H and O–H groups in total. The normalized spacial score (nSPS) is 11.4. The molecule has 92 valence electrons. The fraction of sp³-hybridized carbons (Fsp3) is 0.250. The number of carbonyl (C=O) groups excluding carboxylic acids is 1. The predicted molar refractivity (Wildman–Crippen MR) is 69.0 cm³/mol. The van der Waals surface area contributed by atoms with E-state index in [1.807, 2.05) is 0 Å². The van der Waals surface area contributed by atoms with Crippen LogP contribution in [0.3, 0.4) is 0 Å². The Morgan fingerprint density at radius 3 is 2.71 bits per heavy atom. The topological polar surface area (TPSA) is 46.5 Å². The smallest absolute Gasteiger partial charge is 0.166 e. The fourth-order valence-corrected chi connectivity index (χ4v) is 1.67. The second-order valence-electron chi connectivity index (χ2n) is 3.37. The molecule has 17 heavy (non-hydrogen) atoms. The molecule has 0 saturated carbocycles. The average Bonchev–Trinajstić information content (AvgIpc) is 2.31. The lowest BCUT2D eigenvalue weighted by Crippen LogP contribution is -1.94. The molecule has 0 aliphatic carbocycles. The van der Waals surface area contributed by atoms with E-state index in [1.54, 1.807) is 13.8 Å². The molecule has 0 fully saturated rings. The van der Waals surface area contributed by atoms with E-state index < -0.39 is 0 Å². The molecule has 1 rings (SSSR count). The van der Waals surface area contributed by atoms with Crippen molar-refractivity contribution in [1.82, 2.24) is 0 Å². The standard InChI is InChI=1S/C12H12Cl2O3/c1-3-17-10-5-9(13)11(14)8(12(10)16)4-7(2)6-15/h4-6,16H,3H2,1-2H3/b7-4+. The van der Waals surface area contributed by atoms with Crippen molar-refractivity contribution >= 4 is 35.6 Å². The Hall–Kier alpha value is -1.19. The number of phenolic OH excluding ortho intramolecular Hbond substituents is 1. The summed E-state index contributed by atoms with van der Waals surface area (Å²) in [5.41, 5.74) is 0.708. The average molecular weight is 275 g/mol. The summed E-state index contributed by atoms with van der Waals surface area (Å²) in [5.74, 6) is 0.120. The van der Waals surface area contributed by atoms with Crippen molar-refractivity contribution in [3.63, 3.8) is 0 Å². The summed E-state index contributed by atoms with van der Waals surface area (Å²) in [4.78, 5) is 10.6. The van der Waals surface area contributed by atoms with Crippen LogP contribution in [0, 0.1) is 0 Å².